The Hall–Kier alpha value is -3.62. The molecule has 1 spiro atoms. The van der Waals surface area contributed by atoms with E-state index in [1.54, 1.807) is 12.1 Å². The lowest BCUT2D eigenvalue weighted by atomic mass is 9.79. The molecule has 0 saturated carbocycles. The summed E-state index contributed by atoms with van der Waals surface area (Å²) in [6, 6.07) is 2.65. The van der Waals surface area contributed by atoms with Crippen LogP contribution in [0.4, 0.5) is 0 Å². The van der Waals surface area contributed by atoms with E-state index in [-0.39, 0.29) is 42.2 Å². The molecule has 1 aromatic rings. The van der Waals surface area contributed by atoms with Gasteiger partial charge in [0.15, 0.2) is 17.6 Å². The lowest BCUT2D eigenvalue weighted by Crippen LogP contribution is -2.81. The molecule has 40 heavy (non-hydrogen) atoms. The fourth-order valence-electron chi connectivity index (χ4n) is 6.77. The van der Waals surface area contributed by atoms with Crippen LogP contribution >= 0.6 is 0 Å². The van der Waals surface area contributed by atoms with Gasteiger partial charge in [-0.25, -0.2) is 0 Å². The van der Waals surface area contributed by atoms with Crippen LogP contribution in [0.5, 0.6) is 5.75 Å². The third-order valence-corrected chi connectivity index (χ3v) is 9.09. The zero-order valence-corrected chi connectivity index (χ0v) is 22.6. The predicted molar refractivity (Wildman–Crippen MR) is 144 cm³/mol. The number of amides is 2. The maximum Gasteiger partial charge on any atom is 0.255 e. The van der Waals surface area contributed by atoms with Crippen LogP contribution in [0.25, 0.3) is 0 Å². The maximum atomic E-state index is 13.5. The minimum absolute atomic E-state index is 0.0936. The number of ether oxygens (including phenoxy) is 1. The van der Waals surface area contributed by atoms with Gasteiger partial charge in [0, 0.05) is 25.2 Å². The topological polar surface area (TPSA) is 207 Å². The number of aliphatic hydroxyl groups is 2. The maximum absolute atomic E-state index is 13.5. The highest BCUT2D eigenvalue weighted by Gasteiger charge is 2.74. The van der Waals surface area contributed by atoms with Crippen molar-refractivity contribution in [3.05, 3.63) is 29.3 Å². The lowest BCUT2D eigenvalue weighted by molar-refractivity contribution is -0.232. The van der Waals surface area contributed by atoms with Crippen LogP contribution in [-0.2, 0) is 10.2 Å². The van der Waals surface area contributed by atoms with Crippen molar-refractivity contribution in [1.29, 1.82) is 10.8 Å². The van der Waals surface area contributed by atoms with Crippen molar-refractivity contribution in [2.45, 2.75) is 61.7 Å². The summed E-state index contributed by atoms with van der Waals surface area (Å²) < 4.78 is 5.89. The van der Waals surface area contributed by atoms with Gasteiger partial charge in [-0.3, -0.25) is 20.4 Å². The Morgan fingerprint density at radius 2 is 2.02 bits per heavy atom. The molecule has 2 amide bonds. The smallest absolute Gasteiger partial charge is 0.255 e. The van der Waals surface area contributed by atoms with Crippen molar-refractivity contribution < 1.29 is 24.5 Å². The van der Waals surface area contributed by atoms with Gasteiger partial charge in [-0.05, 0) is 30.9 Å². The Balaban J connectivity index is 1.25. The largest absolute Gasteiger partial charge is 0.492 e. The number of hydrogen-bond donors (Lipinski definition) is 10. The molecule has 5 aliphatic heterocycles. The molecule has 14 heteroatoms. The van der Waals surface area contributed by atoms with E-state index in [1.807, 2.05) is 6.07 Å². The molecule has 4 fully saturated rings. The van der Waals surface area contributed by atoms with Crippen LogP contribution in [0, 0.1) is 16.7 Å². The highest BCUT2D eigenvalue weighted by molar-refractivity contribution is 5.98. The molecule has 6 rings (SSSR count). The summed E-state index contributed by atoms with van der Waals surface area (Å²) in [7, 11) is 0. The van der Waals surface area contributed by atoms with Gasteiger partial charge in [0.25, 0.3) is 5.91 Å². The molecule has 5 aliphatic rings. The van der Waals surface area contributed by atoms with E-state index in [0.717, 1.165) is 24.9 Å². The van der Waals surface area contributed by atoms with E-state index in [0.29, 0.717) is 24.5 Å². The molecule has 0 aliphatic carbocycles. The van der Waals surface area contributed by atoms with Crippen molar-refractivity contribution in [2.24, 2.45) is 5.92 Å². The Kier molecular flexibility index (Phi) is 6.12. The van der Waals surface area contributed by atoms with Gasteiger partial charge < -0.3 is 51.8 Å². The Bertz CT molecular complexity index is 1260. The van der Waals surface area contributed by atoms with Crippen molar-refractivity contribution in [1.82, 2.24) is 36.8 Å². The highest BCUT2D eigenvalue weighted by atomic mass is 16.5. The molecule has 14 nitrogen and oxygen atoms in total. The second kappa shape index (κ2) is 9.21. The molecule has 0 aromatic heterocycles. The van der Waals surface area contributed by atoms with Gasteiger partial charge in [0.2, 0.25) is 11.7 Å². The third kappa shape index (κ3) is 3.88. The van der Waals surface area contributed by atoms with Crippen LogP contribution in [0.2, 0.25) is 0 Å². The van der Waals surface area contributed by atoms with Crippen LogP contribution in [0.3, 0.4) is 0 Å². The molecule has 5 heterocycles. The monoisotopic (exact) mass is 555 g/mol. The van der Waals surface area contributed by atoms with Gasteiger partial charge in [-0.15, -0.1) is 0 Å². The number of rotatable bonds is 5. The number of hydrogen-bond acceptors (Lipinski definition) is 8. The Morgan fingerprint density at radius 1 is 1.23 bits per heavy atom. The van der Waals surface area contributed by atoms with Crippen LogP contribution in [-0.4, -0.2) is 101 Å². The Morgan fingerprint density at radius 3 is 2.77 bits per heavy atom. The minimum Gasteiger partial charge on any atom is -0.492 e. The van der Waals surface area contributed by atoms with Gasteiger partial charge in [0.05, 0.1) is 30.2 Å². The summed E-state index contributed by atoms with van der Waals surface area (Å²) in [6.45, 7) is 5.99. The molecule has 10 N–H and O–H groups in total. The van der Waals surface area contributed by atoms with Crippen molar-refractivity contribution >= 4 is 23.7 Å². The lowest BCUT2D eigenvalue weighted by Gasteiger charge is -2.51. The van der Waals surface area contributed by atoms with E-state index in [1.165, 1.54) is 4.90 Å². The number of fused-ring (bicyclic) bond motifs is 1. The number of nitrogens with zero attached hydrogens (tertiary/aromatic N) is 1. The zero-order chi connectivity index (χ0) is 28.4. The molecule has 0 radical (unpaired) electrons. The number of nitrogens with one attached hydrogen (secondary N) is 8. The first-order chi connectivity index (χ1) is 19.0. The molecular formula is C26H37N9O5. The van der Waals surface area contributed by atoms with E-state index in [9.17, 15) is 19.8 Å². The number of benzene rings is 1. The number of para-hydroxylation sites is 1. The fourth-order valence-corrected chi connectivity index (χ4v) is 6.77. The van der Waals surface area contributed by atoms with Crippen LogP contribution in [0.15, 0.2) is 18.2 Å². The van der Waals surface area contributed by atoms with Gasteiger partial charge in [-0.2, -0.15) is 0 Å². The third-order valence-electron chi connectivity index (χ3n) is 9.09. The second-order valence-corrected chi connectivity index (χ2v) is 12.0. The first-order valence-electron chi connectivity index (χ1n) is 13.7. The summed E-state index contributed by atoms with van der Waals surface area (Å²) in [6.07, 6.45) is 1.54. The first kappa shape index (κ1) is 26.6. The zero-order valence-electron chi connectivity index (χ0n) is 22.6. The summed E-state index contributed by atoms with van der Waals surface area (Å²) in [5.41, 5.74) is -0.724. The second-order valence-electron chi connectivity index (χ2n) is 12.0. The van der Waals surface area contributed by atoms with E-state index in [2.05, 4.69) is 45.7 Å². The highest BCUT2D eigenvalue weighted by Crippen LogP contribution is 2.44. The molecule has 1 aromatic carbocycles. The van der Waals surface area contributed by atoms with Crippen LogP contribution in [0.1, 0.15) is 42.6 Å². The van der Waals surface area contributed by atoms with E-state index < -0.39 is 35.5 Å². The van der Waals surface area contributed by atoms with Crippen molar-refractivity contribution in [2.75, 3.05) is 32.8 Å². The molecule has 216 valence electrons. The number of carbonyl (C=O) groups is 2. The van der Waals surface area contributed by atoms with Gasteiger partial charge in [-0.1, -0.05) is 26.0 Å². The quantitative estimate of drug-likeness (QED) is 0.175. The van der Waals surface area contributed by atoms with E-state index >= 15 is 0 Å². The normalized spacial score (nSPS) is 33.0. The number of carbonyl (C=O) groups excluding carboxylic acids is 2. The SMILES string of the molecule is CC1(C)CCOc2c(C(=O)N[C@H]3CN4C(=N)N[C@@H](CNC(=O)[C@H]5CCNC5)[C@@H]5NC(=N)N[C@@]54C3(O)O)cccc21. The number of guanidine groups is 2. The first-order valence-corrected chi connectivity index (χ1v) is 13.7. The molecule has 0 bridgehead atoms. The van der Waals surface area contributed by atoms with Crippen molar-refractivity contribution in [3.8, 4) is 5.75 Å². The summed E-state index contributed by atoms with van der Waals surface area (Å²) in [5, 5.41) is 58.0. The average Bonchev–Trinajstić information content (AvgIpc) is 3.61. The molecule has 4 saturated heterocycles. The molecular weight excluding hydrogens is 518 g/mol. The molecule has 0 unspecified atom stereocenters. The summed E-state index contributed by atoms with van der Waals surface area (Å²) in [4.78, 5) is 27.6. The minimum atomic E-state index is -2.61. The summed E-state index contributed by atoms with van der Waals surface area (Å²) in [5.74, 6) is -3.21. The predicted octanol–water partition coefficient (Wildman–Crippen LogP) is -2.33. The Labute approximate surface area is 231 Å². The average molecular weight is 556 g/mol. The standard InChI is InChI=1S/C26H37N9O5/c1-24(2)7-9-40-18-14(4-3-5-15(18)24)21(37)32-17-12-35-23(28)31-16(11-30-20(36)13-6-8-29-10-13)19-25(35,26(17,38)39)34-22(27)33-19/h3-5,13,16-17,19,29,38-39H,6-12H2,1-2H3,(H2,28,31)(H,30,36)(H,32,37)(H3,27,33,34)/t13-,16-,17-,19-,25-/m0/s1. The summed E-state index contributed by atoms with van der Waals surface area (Å²) >= 11 is 0. The van der Waals surface area contributed by atoms with Crippen molar-refractivity contribution in [3.63, 3.8) is 0 Å². The van der Waals surface area contributed by atoms with Gasteiger partial charge in [0.1, 0.15) is 11.8 Å². The van der Waals surface area contributed by atoms with Gasteiger partial charge >= 0.3 is 0 Å². The fraction of sp³-hybridized carbons (Fsp3) is 0.615. The molecule has 5 atom stereocenters. The van der Waals surface area contributed by atoms with E-state index in [4.69, 9.17) is 15.6 Å². The van der Waals surface area contributed by atoms with Crippen LogP contribution < -0.4 is 36.6 Å².